The van der Waals surface area contributed by atoms with Gasteiger partial charge in [0.25, 0.3) is 0 Å². The van der Waals surface area contributed by atoms with Crippen molar-refractivity contribution in [3.63, 3.8) is 0 Å². The minimum Gasteiger partial charge on any atom is -0.477 e. The first kappa shape index (κ1) is 19.9. The van der Waals surface area contributed by atoms with Crippen molar-refractivity contribution >= 4 is 5.97 Å². The Morgan fingerprint density at radius 3 is 2.46 bits per heavy atom. The van der Waals surface area contributed by atoms with Crippen LogP contribution in [0.3, 0.4) is 0 Å². The van der Waals surface area contributed by atoms with Gasteiger partial charge in [-0.1, -0.05) is 39.8 Å². The molecule has 0 aliphatic heterocycles. The van der Waals surface area contributed by atoms with Crippen molar-refractivity contribution in [1.29, 1.82) is 0 Å². The van der Waals surface area contributed by atoms with Crippen molar-refractivity contribution in [1.82, 2.24) is 9.55 Å². The first-order valence-corrected chi connectivity index (χ1v) is 8.54. The number of aromatic nitrogens is 2. The molecule has 2 aromatic rings. The van der Waals surface area contributed by atoms with Gasteiger partial charge in [0.05, 0.1) is 12.2 Å². The van der Waals surface area contributed by atoms with Gasteiger partial charge in [0.2, 0.25) is 0 Å². The normalized spacial score (nSPS) is 10.2. The van der Waals surface area contributed by atoms with Gasteiger partial charge in [-0.15, -0.1) is 0 Å². The zero-order chi connectivity index (χ0) is 18.3. The Hall–Kier alpha value is -2.17. The number of imidazole rings is 1. The van der Waals surface area contributed by atoms with E-state index in [1.54, 1.807) is 10.6 Å². The lowest BCUT2D eigenvalue weighted by molar-refractivity contribution is 0.0684. The Bertz CT molecular complexity index is 693. The summed E-state index contributed by atoms with van der Waals surface area (Å²) in [5, 5.41) is 9.50. The van der Waals surface area contributed by atoms with Crippen LogP contribution in [-0.2, 0) is 19.4 Å². The molecule has 0 bridgehead atoms. The Kier molecular flexibility index (Phi) is 7.62. The maximum Gasteiger partial charge on any atom is 0.354 e. The number of halogens is 1. The van der Waals surface area contributed by atoms with Gasteiger partial charge in [-0.2, -0.15) is 0 Å². The van der Waals surface area contributed by atoms with Gasteiger partial charge >= 0.3 is 5.97 Å². The number of hydrogen-bond acceptors (Lipinski definition) is 2. The van der Waals surface area contributed by atoms with Crippen LogP contribution in [0.1, 0.15) is 67.2 Å². The van der Waals surface area contributed by atoms with Crippen LogP contribution in [0.5, 0.6) is 0 Å². The molecule has 0 aliphatic carbocycles. The van der Waals surface area contributed by atoms with E-state index in [9.17, 15) is 14.3 Å². The summed E-state index contributed by atoms with van der Waals surface area (Å²) in [5.41, 5.74) is 2.05. The highest BCUT2D eigenvalue weighted by Gasteiger charge is 2.21. The average molecular weight is 334 g/mol. The summed E-state index contributed by atoms with van der Waals surface area (Å²) in [5.74, 6) is -0.624. The highest BCUT2D eigenvalue weighted by atomic mass is 19.1. The Morgan fingerprint density at radius 1 is 1.29 bits per heavy atom. The van der Waals surface area contributed by atoms with E-state index < -0.39 is 5.97 Å². The molecule has 0 spiro atoms. The summed E-state index contributed by atoms with van der Waals surface area (Å²) in [6.45, 7) is 9.90. The summed E-state index contributed by atoms with van der Waals surface area (Å²) in [4.78, 5) is 16.0. The molecule has 5 heteroatoms. The SMILES string of the molecule is CC.CCCc1nc(CC)c(C(=O)O)n1Cc1ccc(C)cc1F. The van der Waals surface area contributed by atoms with Crippen LogP contribution in [0.25, 0.3) is 0 Å². The quantitative estimate of drug-likeness (QED) is 0.839. The van der Waals surface area contributed by atoms with Crippen molar-refractivity contribution in [3.8, 4) is 0 Å². The molecule has 1 N–H and O–H groups in total. The lowest BCUT2D eigenvalue weighted by Gasteiger charge is -2.11. The molecule has 0 atom stereocenters. The van der Waals surface area contributed by atoms with E-state index in [1.165, 1.54) is 6.07 Å². The van der Waals surface area contributed by atoms with Crippen LogP contribution in [-0.4, -0.2) is 20.6 Å². The zero-order valence-electron chi connectivity index (χ0n) is 15.2. The van der Waals surface area contributed by atoms with Crippen molar-refractivity contribution in [2.75, 3.05) is 0 Å². The minimum absolute atomic E-state index is 0.172. The smallest absolute Gasteiger partial charge is 0.354 e. The molecule has 0 radical (unpaired) electrons. The molecule has 0 saturated heterocycles. The van der Waals surface area contributed by atoms with Crippen molar-refractivity contribution < 1.29 is 14.3 Å². The molecule has 0 unspecified atom stereocenters. The Morgan fingerprint density at radius 2 is 1.96 bits per heavy atom. The topological polar surface area (TPSA) is 55.1 Å². The zero-order valence-corrected chi connectivity index (χ0v) is 15.2. The number of nitrogens with zero attached hydrogens (tertiary/aromatic N) is 2. The Balaban J connectivity index is 0.00000139. The Labute approximate surface area is 143 Å². The third-order valence-corrected chi connectivity index (χ3v) is 3.67. The minimum atomic E-state index is -1.01. The van der Waals surface area contributed by atoms with E-state index in [0.29, 0.717) is 29.9 Å². The molecule has 2 rings (SSSR count). The van der Waals surface area contributed by atoms with Crippen LogP contribution in [0, 0.1) is 12.7 Å². The number of aromatic carboxylic acids is 1. The number of benzene rings is 1. The lowest BCUT2D eigenvalue weighted by atomic mass is 10.1. The highest BCUT2D eigenvalue weighted by molar-refractivity contribution is 5.87. The van der Waals surface area contributed by atoms with E-state index in [2.05, 4.69) is 4.98 Å². The van der Waals surface area contributed by atoms with Gasteiger partial charge in [0.15, 0.2) is 5.69 Å². The number of rotatable bonds is 6. The molecule has 0 aliphatic rings. The van der Waals surface area contributed by atoms with Crippen LogP contribution >= 0.6 is 0 Å². The molecule has 1 heterocycles. The van der Waals surface area contributed by atoms with E-state index in [4.69, 9.17) is 0 Å². The van der Waals surface area contributed by atoms with Crippen molar-refractivity contribution in [2.24, 2.45) is 0 Å². The van der Waals surface area contributed by atoms with Crippen molar-refractivity contribution in [2.45, 2.75) is 60.4 Å². The lowest BCUT2D eigenvalue weighted by Crippen LogP contribution is -2.14. The summed E-state index contributed by atoms with van der Waals surface area (Å²) in [7, 11) is 0. The number of carboxylic acid groups (broad SMARTS) is 1. The van der Waals surface area contributed by atoms with Crippen LogP contribution < -0.4 is 0 Å². The fraction of sp³-hybridized carbons (Fsp3) is 0.474. The molecule has 0 fully saturated rings. The molecule has 0 amide bonds. The van der Waals surface area contributed by atoms with Gasteiger partial charge in [-0.3, -0.25) is 0 Å². The number of carbonyl (C=O) groups is 1. The third-order valence-electron chi connectivity index (χ3n) is 3.67. The largest absolute Gasteiger partial charge is 0.477 e. The summed E-state index contributed by atoms with van der Waals surface area (Å²) >= 11 is 0. The molecule has 24 heavy (non-hydrogen) atoms. The van der Waals surface area contributed by atoms with Gasteiger partial charge in [0.1, 0.15) is 11.6 Å². The van der Waals surface area contributed by atoms with Gasteiger partial charge in [-0.25, -0.2) is 14.2 Å². The van der Waals surface area contributed by atoms with E-state index in [0.717, 1.165) is 12.0 Å². The second-order valence-corrected chi connectivity index (χ2v) is 5.41. The summed E-state index contributed by atoms with van der Waals surface area (Å²) in [6, 6.07) is 5.00. The predicted molar refractivity (Wildman–Crippen MR) is 94.1 cm³/mol. The van der Waals surface area contributed by atoms with Gasteiger partial charge in [-0.05, 0) is 31.4 Å². The second kappa shape index (κ2) is 9.21. The van der Waals surface area contributed by atoms with E-state index in [1.807, 2.05) is 40.7 Å². The molecule has 1 aromatic heterocycles. The first-order valence-electron chi connectivity index (χ1n) is 8.54. The van der Waals surface area contributed by atoms with E-state index in [-0.39, 0.29) is 18.1 Å². The average Bonchev–Trinajstić information content (AvgIpc) is 2.90. The molecular weight excluding hydrogens is 307 g/mol. The molecule has 1 aromatic carbocycles. The summed E-state index contributed by atoms with van der Waals surface area (Å²) < 4.78 is 15.7. The fourth-order valence-electron chi connectivity index (χ4n) is 2.58. The maximum absolute atomic E-state index is 14.1. The number of hydrogen-bond donors (Lipinski definition) is 1. The highest BCUT2D eigenvalue weighted by Crippen LogP contribution is 2.19. The summed E-state index contributed by atoms with van der Waals surface area (Å²) in [6.07, 6.45) is 2.07. The fourth-order valence-corrected chi connectivity index (χ4v) is 2.58. The van der Waals surface area contributed by atoms with Crippen LogP contribution in [0.2, 0.25) is 0 Å². The van der Waals surface area contributed by atoms with E-state index >= 15 is 0 Å². The number of aryl methyl sites for hydroxylation is 3. The van der Waals surface area contributed by atoms with Gasteiger partial charge < -0.3 is 9.67 Å². The van der Waals surface area contributed by atoms with Gasteiger partial charge in [0, 0.05) is 12.0 Å². The molecule has 0 saturated carbocycles. The molecular formula is C19H27FN2O2. The third kappa shape index (κ3) is 4.43. The van der Waals surface area contributed by atoms with Crippen molar-refractivity contribution in [3.05, 3.63) is 52.4 Å². The molecule has 132 valence electrons. The monoisotopic (exact) mass is 334 g/mol. The van der Waals surface area contributed by atoms with Crippen LogP contribution in [0.4, 0.5) is 4.39 Å². The second-order valence-electron chi connectivity index (χ2n) is 5.41. The molecule has 4 nitrogen and oxygen atoms in total. The predicted octanol–water partition coefficient (Wildman–Crippen LogP) is 4.62. The maximum atomic E-state index is 14.1. The number of carboxylic acids is 1. The first-order chi connectivity index (χ1) is 11.5. The van der Waals surface area contributed by atoms with Crippen LogP contribution in [0.15, 0.2) is 18.2 Å². The standard InChI is InChI=1S/C17H21FN2O2.C2H6/c1-4-6-15-19-14(5-2)16(17(21)22)20(15)10-12-8-7-11(3)9-13(12)18;1-2/h7-9H,4-6,10H2,1-3H3,(H,21,22);1-2H3.